The molecule has 0 aliphatic heterocycles. The molecule has 7 unspecified atom stereocenters. The number of nitrogens with one attached hydrogen (secondary N) is 3. The summed E-state index contributed by atoms with van der Waals surface area (Å²) in [6.07, 6.45) is -2.11. The minimum atomic E-state index is -1.08. The molecule has 6 N–H and O–H groups in total. The number of carbonyl (C=O) groups excluding carboxylic acids is 1. The highest BCUT2D eigenvalue weighted by Crippen LogP contribution is 2.26. The van der Waals surface area contributed by atoms with Crippen LogP contribution in [0.4, 0.5) is 0 Å². The van der Waals surface area contributed by atoms with E-state index >= 15 is 0 Å². The zero-order valence-corrected chi connectivity index (χ0v) is 17.9. The molecule has 0 radical (unpaired) electrons. The fourth-order valence-corrected chi connectivity index (χ4v) is 3.82. The minimum Gasteiger partial charge on any atom is -0.480 e. The highest BCUT2D eigenvalue weighted by molar-refractivity contribution is 5.71. The first kappa shape index (κ1) is 26.7. The monoisotopic (exact) mass is 437 g/mol. The predicted molar refractivity (Wildman–Crippen MR) is 105 cm³/mol. The lowest BCUT2D eigenvalue weighted by Gasteiger charge is -2.50. The van der Waals surface area contributed by atoms with E-state index in [2.05, 4.69) is 20.7 Å². The SMILES string of the molecule is COCC(CCO)NC1C(O)C(NCC(=O)OC)C(OC)C(NCC(=O)O)C1OC. The Morgan fingerprint density at radius 1 is 0.967 bits per heavy atom. The molecule has 1 aliphatic carbocycles. The van der Waals surface area contributed by atoms with E-state index in [0.717, 1.165) is 0 Å². The number of aliphatic hydroxyl groups is 2. The van der Waals surface area contributed by atoms with Gasteiger partial charge in [-0.15, -0.1) is 0 Å². The smallest absolute Gasteiger partial charge is 0.319 e. The molecule has 30 heavy (non-hydrogen) atoms. The number of carboxylic acid groups (broad SMARTS) is 1. The molecule has 0 heterocycles. The van der Waals surface area contributed by atoms with Gasteiger partial charge in [-0.05, 0) is 6.42 Å². The summed E-state index contributed by atoms with van der Waals surface area (Å²) in [6.45, 7) is -0.338. The number of carbonyl (C=O) groups is 2. The third-order valence-corrected chi connectivity index (χ3v) is 5.17. The Kier molecular flexibility index (Phi) is 12.3. The molecule has 176 valence electrons. The molecule has 0 aromatic carbocycles. The maximum Gasteiger partial charge on any atom is 0.319 e. The van der Waals surface area contributed by atoms with Crippen molar-refractivity contribution in [1.29, 1.82) is 0 Å². The van der Waals surface area contributed by atoms with Gasteiger partial charge in [0, 0.05) is 34.0 Å². The number of methoxy groups -OCH3 is 4. The van der Waals surface area contributed by atoms with Crippen LogP contribution in [0.3, 0.4) is 0 Å². The maximum absolute atomic E-state index is 11.6. The first-order valence-corrected chi connectivity index (χ1v) is 9.69. The van der Waals surface area contributed by atoms with Gasteiger partial charge in [-0.2, -0.15) is 0 Å². The number of ether oxygens (including phenoxy) is 4. The van der Waals surface area contributed by atoms with Gasteiger partial charge in [0.25, 0.3) is 0 Å². The van der Waals surface area contributed by atoms with Crippen LogP contribution in [0.25, 0.3) is 0 Å². The van der Waals surface area contributed by atoms with Gasteiger partial charge in [0.2, 0.25) is 0 Å². The van der Waals surface area contributed by atoms with E-state index < -0.39 is 48.4 Å². The van der Waals surface area contributed by atoms with Gasteiger partial charge >= 0.3 is 11.9 Å². The lowest BCUT2D eigenvalue weighted by atomic mass is 9.79. The van der Waals surface area contributed by atoms with Crippen LogP contribution in [0.5, 0.6) is 0 Å². The van der Waals surface area contributed by atoms with Crippen LogP contribution in [0.1, 0.15) is 6.42 Å². The summed E-state index contributed by atoms with van der Waals surface area (Å²) in [5.41, 5.74) is 0. The van der Waals surface area contributed by atoms with E-state index in [-0.39, 0.29) is 32.3 Å². The summed E-state index contributed by atoms with van der Waals surface area (Å²) in [4.78, 5) is 22.7. The number of hydrogen-bond acceptors (Lipinski definition) is 11. The zero-order chi connectivity index (χ0) is 22.7. The normalized spacial score (nSPS) is 30.1. The van der Waals surface area contributed by atoms with Crippen molar-refractivity contribution >= 4 is 11.9 Å². The Morgan fingerprint density at radius 2 is 1.57 bits per heavy atom. The number of aliphatic hydroxyl groups excluding tert-OH is 2. The number of esters is 1. The Labute approximate surface area is 176 Å². The zero-order valence-electron chi connectivity index (χ0n) is 17.9. The average molecular weight is 437 g/mol. The van der Waals surface area contributed by atoms with Crippen molar-refractivity contribution < 1.29 is 43.9 Å². The van der Waals surface area contributed by atoms with Crippen molar-refractivity contribution in [2.75, 3.05) is 54.7 Å². The van der Waals surface area contributed by atoms with Gasteiger partial charge < -0.3 is 39.6 Å². The molecule has 1 saturated carbocycles. The van der Waals surface area contributed by atoms with Crippen molar-refractivity contribution in [2.45, 2.75) is 48.9 Å². The molecule has 1 aliphatic rings. The summed E-state index contributed by atoms with van der Waals surface area (Å²) >= 11 is 0. The van der Waals surface area contributed by atoms with Crippen LogP contribution in [-0.2, 0) is 28.5 Å². The molecule has 0 saturated heterocycles. The topological polar surface area (TPSA) is 168 Å². The average Bonchev–Trinajstić information content (AvgIpc) is 2.72. The van der Waals surface area contributed by atoms with Crippen LogP contribution in [-0.4, -0.2) is 124 Å². The van der Waals surface area contributed by atoms with E-state index in [0.29, 0.717) is 6.42 Å². The Bertz CT molecular complexity index is 519. The lowest BCUT2D eigenvalue weighted by molar-refractivity contribution is -0.143. The largest absolute Gasteiger partial charge is 0.480 e. The minimum absolute atomic E-state index is 0.0904. The molecule has 7 atom stereocenters. The maximum atomic E-state index is 11.6. The summed E-state index contributed by atoms with van der Waals surface area (Å²) in [5.74, 6) is -1.59. The van der Waals surface area contributed by atoms with Crippen molar-refractivity contribution in [3.8, 4) is 0 Å². The summed E-state index contributed by atoms with van der Waals surface area (Å²) in [7, 11) is 5.66. The number of carboxylic acids is 1. The standard InChI is InChI=1S/C18H35N3O9/c1-27-9-10(5-6-22)21-14-16(26)13(20-8-12(25)28-2)17(29-3)15(18(14)30-4)19-7-11(23)24/h10,13-22,26H,5-9H2,1-4H3,(H,23,24). The van der Waals surface area contributed by atoms with Gasteiger partial charge in [-0.1, -0.05) is 0 Å². The highest BCUT2D eigenvalue weighted by Gasteiger charge is 2.51. The van der Waals surface area contributed by atoms with Crippen LogP contribution in [0.2, 0.25) is 0 Å². The molecule has 1 fully saturated rings. The van der Waals surface area contributed by atoms with Gasteiger partial charge in [-0.25, -0.2) is 0 Å². The highest BCUT2D eigenvalue weighted by atomic mass is 16.5. The number of hydrogen-bond donors (Lipinski definition) is 6. The van der Waals surface area contributed by atoms with E-state index in [1.807, 2.05) is 0 Å². The summed E-state index contributed by atoms with van der Waals surface area (Å²) in [5, 5.41) is 38.6. The van der Waals surface area contributed by atoms with E-state index in [4.69, 9.17) is 19.3 Å². The first-order chi connectivity index (χ1) is 14.3. The molecule has 0 spiro atoms. The second-order valence-electron chi connectivity index (χ2n) is 7.03. The third-order valence-electron chi connectivity index (χ3n) is 5.17. The molecule has 0 aromatic rings. The lowest BCUT2D eigenvalue weighted by Crippen LogP contribution is -2.75. The quantitative estimate of drug-likeness (QED) is 0.152. The first-order valence-electron chi connectivity index (χ1n) is 9.69. The number of aliphatic carboxylic acids is 1. The van der Waals surface area contributed by atoms with Crippen LogP contribution in [0.15, 0.2) is 0 Å². The van der Waals surface area contributed by atoms with E-state index in [1.165, 1.54) is 28.4 Å². The Morgan fingerprint density at radius 3 is 2.07 bits per heavy atom. The molecule has 12 heteroatoms. The molecule has 0 bridgehead atoms. The van der Waals surface area contributed by atoms with Crippen molar-refractivity contribution in [2.24, 2.45) is 0 Å². The van der Waals surface area contributed by atoms with Gasteiger partial charge in [0.15, 0.2) is 0 Å². The molecule has 0 aromatic heterocycles. The molecule has 12 nitrogen and oxygen atoms in total. The van der Waals surface area contributed by atoms with Gasteiger partial charge in [0.05, 0.1) is 63.2 Å². The molecule has 1 rings (SSSR count). The number of rotatable bonds is 14. The van der Waals surface area contributed by atoms with Crippen molar-refractivity contribution in [3.05, 3.63) is 0 Å². The summed E-state index contributed by atoms with van der Waals surface area (Å²) in [6, 6.07) is -2.36. The second-order valence-corrected chi connectivity index (χ2v) is 7.03. The van der Waals surface area contributed by atoms with Gasteiger partial charge in [0.1, 0.15) is 0 Å². The summed E-state index contributed by atoms with van der Waals surface area (Å²) < 4.78 is 21.0. The third kappa shape index (κ3) is 7.39. The van der Waals surface area contributed by atoms with Crippen LogP contribution >= 0.6 is 0 Å². The van der Waals surface area contributed by atoms with Crippen molar-refractivity contribution in [3.63, 3.8) is 0 Å². The predicted octanol–water partition coefficient (Wildman–Crippen LogP) is -3.08. The Hall–Kier alpha value is -1.38. The van der Waals surface area contributed by atoms with E-state index in [9.17, 15) is 19.8 Å². The van der Waals surface area contributed by atoms with Crippen molar-refractivity contribution in [1.82, 2.24) is 16.0 Å². The second kappa shape index (κ2) is 13.8. The molecular weight excluding hydrogens is 402 g/mol. The molecular formula is C18H35N3O9. The Balaban J connectivity index is 3.20. The fourth-order valence-electron chi connectivity index (χ4n) is 3.82. The van der Waals surface area contributed by atoms with Crippen LogP contribution < -0.4 is 16.0 Å². The van der Waals surface area contributed by atoms with Gasteiger partial charge in [-0.3, -0.25) is 20.2 Å². The van der Waals surface area contributed by atoms with Crippen LogP contribution in [0, 0.1) is 0 Å². The molecule has 0 amide bonds. The fraction of sp³-hybridized carbons (Fsp3) is 0.889. The van der Waals surface area contributed by atoms with E-state index in [1.54, 1.807) is 0 Å².